The number of aliphatic hydroxyl groups is 1. The number of piperazine rings is 2. The highest BCUT2D eigenvalue weighted by Gasteiger charge is 2.50. The number of carbonyl (C=O) groups excluding carboxylic acids is 1. The Morgan fingerprint density at radius 1 is 1.06 bits per heavy atom. The maximum absolute atomic E-state index is 14.0. The van der Waals surface area contributed by atoms with Gasteiger partial charge in [0.05, 0.1) is 27.6 Å². The highest BCUT2D eigenvalue weighted by Crippen LogP contribution is 2.49. The van der Waals surface area contributed by atoms with Crippen LogP contribution in [0.4, 0.5) is 5.69 Å². The van der Waals surface area contributed by atoms with Crippen molar-refractivity contribution in [2.24, 2.45) is 17.8 Å². The number of rotatable bonds is 2. The Labute approximate surface area is 315 Å². The first kappa shape index (κ1) is 36.6. The molecule has 4 aliphatic heterocycles. The van der Waals surface area contributed by atoms with Crippen LogP contribution in [0, 0.1) is 17.8 Å². The van der Waals surface area contributed by atoms with E-state index < -0.39 is 15.3 Å². The van der Waals surface area contributed by atoms with Gasteiger partial charge >= 0.3 is 0 Å². The number of β-amino-alcohol motifs (C(OH)–C–C–N with tert-alkyl or cyclic N) is 1. The molecule has 4 heterocycles. The number of carbonyl (C=O) groups is 1. The summed E-state index contributed by atoms with van der Waals surface area (Å²) in [5.74, 6) is 5.00. The summed E-state index contributed by atoms with van der Waals surface area (Å²) in [7, 11) is -2.94. The van der Waals surface area contributed by atoms with Gasteiger partial charge in [0.1, 0.15) is 5.75 Å². The molecule has 1 unspecified atom stereocenters. The van der Waals surface area contributed by atoms with Crippen molar-refractivity contribution in [2.75, 3.05) is 70.4 Å². The van der Waals surface area contributed by atoms with Gasteiger partial charge in [-0.2, -0.15) is 0 Å². The van der Waals surface area contributed by atoms with Crippen LogP contribution in [0.5, 0.6) is 5.75 Å². The van der Waals surface area contributed by atoms with Crippen LogP contribution in [0.1, 0.15) is 80.3 Å². The van der Waals surface area contributed by atoms with Crippen LogP contribution in [0.3, 0.4) is 0 Å². The maximum atomic E-state index is 14.0. The number of benzene rings is 2. The van der Waals surface area contributed by atoms with E-state index in [1.165, 1.54) is 11.1 Å². The first-order chi connectivity index (χ1) is 24.9. The van der Waals surface area contributed by atoms with Crippen LogP contribution < -0.4 is 19.7 Å². The van der Waals surface area contributed by atoms with Crippen molar-refractivity contribution in [3.63, 3.8) is 0 Å². The van der Waals surface area contributed by atoms with Crippen molar-refractivity contribution in [3.8, 4) is 5.75 Å². The molecule has 8 rings (SSSR count). The van der Waals surface area contributed by atoms with Crippen LogP contribution in [-0.2, 0) is 21.5 Å². The molecule has 3 N–H and O–H groups in total. The predicted molar refractivity (Wildman–Crippen MR) is 211 cm³/mol. The predicted octanol–water partition coefficient (Wildman–Crippen LogP) is 4.73. The van der Waals surface area contributed by atoms with E-state index in [-0.39, 0.29) is 28.4 Å². The molecule has 52 heavy (non-hydrogen) atoms. The lowest BCUT2D eigenvalue weighted by Crippen LogP contribution is -2.64. The second kappa shape index (κ2) is 14.4. The fraction of sp³-hybridized carbons (Fsp3) is 0.659. The second-order valence-electron chi connectivity index (χ2n) is 17.2. The quantitative estimate of drug-likeness (QED) is 0.380. The van der Waals surface area contributed by atoms with Gasteiger partial charge in [0, 0.05) is 86.2 Å². The largest absolute Gasteiger partial charge is 0.490 e. The molecule has 1 spiro atoms. The minimum Gasteiger partial charge on any atom is -0.490 e. The lowest BCUT2D eigenvalue weighted by atomic mass is 9.62. The number of ether oxygens (including phenoxy) is 1. The van der Waals surface area contributed by atoms with E-state index in [1.54, 1.807) is 6.07 Å². The zero-order valence-electron chi connectivity index (χ0n) is 31.1. The molecule has 1 saturated carbocycles. The van der Waals surface area contributed by atoms with Gasteiger partial charge in [-0.05, 0) is 117 Å². The SMILES string of the molecule is C=S1(=O)NC(=O)c2ccc3c(c2)N(C[C@@H]2CC[C@H]2[C@](O)(CN2CCN4CCNC[C@@H]4C2)CCC[C@H](C)[C@H]1C)C[C@@]1(CCCc2cc(Cl)ccc21)CO3. The van der Waals surface area contributed by atoms with Crippen LogP contribution in [0.2, 0.25) is 5.02 Å². The van der Waals surface area contributed by atoms with E-state index >= 15 is 0 Å². The number of fused-ring (bicyclic) bond motifs is 5. The summed E-state index contributed by atoms with van der Waals surface area (Å²) in [5, 5.41) is 17.0. The van der Waals surface area contributed by atoms with Gasteiger partial charge in [0.25, 0.3) is 5.91 Å². The van der Waals surface area contributed by atoms with Crippen molar-refractivity contribution in [3.05, 3.63) is 58.1 Å². The first-order valence-corrected chi connectivity index (χ1v) is 22.0. The van der Waals surface area contributed by atoms with Crippen molar-refractivity contribution in [1.82, 2.24) is 19.8 Å². The van der Waals surface area contributed by atoms with Crippen LogP contribution >= 0.6 is 11.6 Å². The number of halogens is 1. The Morgan fingerprint density at radius 2 is 1.92 bits per heavy atom. The molecule has 2 bridgehead atoms. The van der Waals surface area contributed by atoms with E-state index in [9.17, 15) is 14.1 Å². The van der Waals surface area contributed by atoms with Crippen LogP contribution in [0.15, 0.2) is 36.4 Å². The molecule has 3 fully saturated rings. The van der Waals surface area contributed by atoms with Crippen molar-refractivity contribution < 1.29 is 18.8 Å². The van der Waals surface area contributed by atoms with Crippen molar-refractivity contribution >= 4 is 38.8 Å². The number of nitrogens with zero attached hydrogens (tertiary/aromatic N) is 3. The standard InChI is InChI=1S/C41H58ClN5O4S/c1-28-6-4-15-41(49,26-45-18-19-46-17-16-43-22-34(46)24-45)36-11-8-32(36)23-47-25-40(14-5-7-30-20-33(42)10-12-35(30)40)27-51-38-13-9-31(21-37(38)47)39(48)44-52(3,50)29(28)2/h9-10,12-13,20-21,28-29,32,34,36,43,49H,3-8,11,14-19,22-27H2,1-2H3,(H,44,48,50)/t28-,29+,32-,34+,36+,40-,41+,52?/m0/s1. The molecule has 1 amide bonds. The molecule has 0 radical (unpaired) electrons. The van der Waals surface area contributed by atoms with E-state index in [0.717, 1.165) is 114 Å². The zero-order chi connectivity index (χ0) is 36.3. The lowest BCUT2D eigenvalue weighted by Gasteiger charge is -2.53. The smallest absolute Gasteiger partial charge is 0.262 e. The Kier molecular flexibility index (Phi) is 10.1. The van der Waals surface area contributed by atoms with Crippen molar-refractivity contribution in [1.29, 1.82) is 0 Å². The highest BCUT2D eigenvalue weighted by atomic mass is 35.5. The molecule has 11 heteroatoms. The monoisotopic (exact) mass is 751 g/mol. The number of aryl methyl sites for hydroxylation is 1. The maximum Gasteiger partial charge on any atom is 0.262 e. The van der Waals surface area contributed by atoms with Gasteiger partial charge < -0.3 is 20.1 Å². The van der Waals surface area contributed by atoms with Gasteiger partial charge in [-0.15, -0.1) is 0 Å². The topological polar surface area (TPSA) is 97.4 Å². The number of amides is 1. The van der Waals surface area contributed by atoms with E-state index in [4.69, 9.17) is 16.3 Å². The third kappa shape index (κ3) is 7.01. The summed E-state index contributed by atoms with van der Waals surface area (Å²) in [6.45, 7) is 13.0. The normalized spacial score (nSPS) is 37.4. The summed E-state index contributed by atoms with van der Waals surface area (Å²) in [5.41, 5.74) is 2.88. The average molecular weight is 752 g/mol. The molecule has 8 atom stereocenters. The molecule has 9 nitrogen and oxygen atoms in total. The Hall–Kier alpha value is -2.34. The third-order valence-corrected chi connectivity index (χ3v) is 16.4. The summed E-state index contributed by atoms with van der Waals surface area (Å²) in [4.78, 5) is 21.4. The van der Waals surface area contributed by atoms with Crippen molar-refractivity contribution in [2.45, 2.75) is 87.5 Å². The summed E-state index contributed by atoms with van der Waals surface area (Å²) < 4.78 is 23.6. The molecular formula is C41H58ClN5O4S. The Bertz CT molecular complexity index is 1770. The fourth-order valence-electron chi connectivity index (χ4n) is 10.5. The average Bonchev–Trinajstić information content (AvgIpc) is 3.25. The number of hydrogen-bond donors (Lipinski definition) is 3. The zero-order valence-corrected chi connectivity index (χ0v) is 32.7. The van der Waals surface area contributed by atoms with Gasteiger partial charge in [-0.3, -0.25) is 19.3 Å². The van der Waals surface area contributed by atoms with Gasteiger partial charge in [-0.1, -0.05) is 31.0 Å². The Balaban J connectivity index is 1.16. The summed E-state index contributed by atoms with van der Waals surface area (Å²) in [6, 6.07) is 12.5. The van der Waals surface area contributed by atoms with Gasteiger partial charge in [0.2, 0.25) is 0 Å². The molecular weight excluding hydrogens is 694 g/mol. The van der Waals surface area contributed by atoms with Gasteiger partial charge in [0.15, 0.2) is 0 Å². The summed E-state index contributed by atoms with van der Waals surface area (Å²) >= 11 is 6.51. The number of hydrogen-bond acceptors (Lipinski definition) is 8. The molecule has 2 aromatic rings. The molecule has 2 aromatic carbocycles. The Morgan fingerprint density at radius 3 is 2.75 bits per heavy atom. The lowest BCUT2D eigenvalue weighted by molar-refractivity contribution is -0.113. The fourth-order valence-corrected chi connectivity index (χ4v) is 12.2. The molecule has 2 aliphatic carbocycles. The minimum absolute atomic E-state index is 0.0666. The molecule has 6 aliphatic rings. The second-order valence-corrected chi connectivity index (χ2v) is 20.0. The highest BCUT2D eigenvalue weighted by molar-refractivity contribution is 7.99. The third-order valence-electron chi connectivity index (χ3n) is 13.9. The number of nitrogens with one attached hydrogen (secondary N) is 2. The van der Waals surface area contributed by atoms with E-state index in [0.29, 0.717) is 37.1 Å². The minimum atomic E-state index is -2.94. The molecule has 0 aromatic heterocycles. The molecule has 284 valence electrons. The summed E-state index contributed by atoms with van der Waals surface area (Å²) in [6.07, 6.45) is 7.49. The first-order valence-electron chi connectivity index (χ1n) is 19.8. The van der Waals surface area contributed by atoms with E-state index in [2.05, 4.69) is 49.7 Å². The number of anilines is 1. The van der Waals surface area contributed by atoms with Crippen LogP contribution in [-0.4, -0.2) is 113 Å². The molecule has 2 saturated heterocycles. The van der Waals surface area contributed by atoms with E-state index in [1.807, 2.05) is 25.1 Å². The van der Waals surface area contributed by atoms with Gasteiger partial charge in [-0.25, -0.2) is 4.21 Å². The van der Waals surface area contributed by atoms with Crippen LogP contribution in [0.25, 0.3) is 0 Å².